The molecular formula is C16H27BrN2S. The monoisotopic (exact) mass is 358 g/mol. The number of rotatable bonds is 9. The fourth-order valence-electron chi connectivity index (χ4n) is 2.33. The number of benzene rings is 1. The lowest BCUT2D eigenvalue weighted by Gasteiger charge is -2.31. The third kappa shape index (κ3) is 5.30. The molecule has 20 heavy (non-hydrogen) atoms. The summed E-state index contributed by atoms with van der Waals surface area (Å²) in [5.41, 5.74) is 2.72. The standard InChI is InChI=1S/C16H27BrN2S/c1-5-9-18-11-13-10-14(17)7-8-16(13)19(3)15(6-2)12-20-4/h7-8,10,15,18H,5-6,9,11-12H2,1-4H3. The number of nitrogens with one attached hydrogen (secondary N) is 1. The maximum absolute atomic E-state index is 3.59. The van der Waals surface area contributed by atoms with Crippen LogP contribution >= 0.6 is 27.7 Å². The fraction of sp³-hybridized carbons (Fsp3) is 0.625. The lowest BCUT2D eigenvalue weighted by molar-refractivity contribution is 0.652. The van der Waals surface area contributed by atoms with Crippen LogP contribution in [0.2, 0.25) is 0 Å². The molecule has 0 aliphatic carbocycles. The normalized spacial score (nSPS) is 12.4. The van der Waals surface area contributed by atoms with Gasteiger partial charge in [-0.05, 0) is 49.4 Å². The Hall–Kier alpha value is -0.190. The van der Waals surface area contributed by atoms with Crippen molar-refractivity contribution in [1.29, 1.82) is 0 Å². The Labute approximate surface area is 136 Å². The van der Waals surface area contributed by atoms with Crippen molar-refractivity contribution < 1.29 is 0 Å². The van der Waals surface area contributed by atoms with Crippen LogP contribution in [0.25, 0.3) is 0 Å². The van der Waals surface area contributed by atoms with Gasteiger partial charge in [-0.3, -0.25) is 0 Å². The third-order valence-corrected chi connectivity index (χ3v) is 4.75. The van der Waals surface area contributed by atoms with Gasteiger partial charge in [-0.25, -0.2) is 0 Å². The number of halogens is 1. The van der Waals surface area contributed by atoms with E-state index in [0.29, 0.717) is 6.04 Å². The molecule has 1 aromatic rings. The molecule has 114 valence electrons. The molecule has 1 atom stereocenters. The zero-order valence-electron chi connectivity index (χ0n) is 13.1. The van der Waals surface area contributed by atoms with Crippen molar-refractivity contribution in [2.24, 2.45) is 0 Å². The van der Waals surface area contributed by atoms with E-state index in [1.54, 1.807) is 0 Å². The predicted molar refractivity (Wildman–Crippen MR) is 97.0 cm³/mol. The van der Waals surface area contributed by atoms with Crippen LogP contribution in [-0.2, 0) is 6.54 Å². The average molecular weight is 359 g/mol. The molecule has 1 N–H and O–H groups in total. The summed E-state index contributed by atoms with van der Waals surface area (Å²) in [6.07, 6.45) is 4.53. The third-order valence-electron chi connectivity index (χ3n) is 3.54. The van der Waals surface area contributed by atoms with Gasteiger partial charge < -0.3 is 10.2 Å². The molecule has 0 aromatic heterocycles. The minimum absolute atomic E-state index is 0.594. The summed E-state index contributed by atoms with van der Waals surface area (Å²) in [6, 6.07) is 7.20. The molecule has 0 saturated heterocycles. The Morgan fingerprint density at radius 3 is 2.70 bits per heavy atom. The number of thioether (sulfide) groups is 1. The number of hydrogen-bond donors (Lipinski definition) is 1. The predicted octanol–water partition coefficient (Wildman–Crippen LogP) is 4.53. The minimum Gasteiger partial charge on any atom is -0.371 e. The highest BCUT2D eigenvalue weighted by Crippen LogP contribution is 2.26. The van der Waals surface area contributed by atoms with E-state index < -0.39 is 0 Å². The molecule has 0 radical (unpaired) electrons. The van der Waals surface area contributed by atoms with E-state index in [1.165, 1.54) is 29.8 Å². The van der Waals surface area contributed by atoms with Gasteiger partial charge in [0.1, 0.15) is 0 Å². The fourth-order valence-corrected chi connectivity index (χ4v) is 3.58. The smallest absolute Gasteiger partial charge is 0.0412 e. The topological polar surface area (TPSA) is 15.3 Å². The quantitative estimate of drug-likeness (QED) is 0.653. The van der Waals surface area contributed by atoms with Crippen molar-refractivity contribution in [2.75, 3.05) is 30.5 Å². The van der Waals surface area contributed by atoms with Gasteiger partial charge in [0.25, 0.3) is 0 Å². The first-order valence-electron chi connectivity index (χ1n) is 7.34. The van der Waals surface area contributed by atoms with Gasteiger partial charge in [0, 0.05) is 35.5 Å². The van der Waals surface area contributed by atoms with Gasteiger partial charge in [-0.2, -0.15) is 11.8 Å². The van der Waals surface area contributed by atoms with Crippen molar-refractivity contribution in [3.05, 3.63) is 28.2 Å². The van der Waals surface area contributed by atoms with E-state index in [9.17, 15) is 0 Å². The zero-order chi connectivity index (χ0) is 15.0. The summed E-state index contributed by atoms with van der Waals surface area (Å²) in [4.78, 5) is 2.44. The first-order valence-corrected chi connectivity index (χ1v) is 9.53. The molecule has 2 nitrogen and oxygen atoms in total. The summed E-state index contributed by atoms with van der Waals surface area (Å²) in [7, 11) is 2.22. The molecule has 0 saturated carbocycles. The molecule has 0 aliphatic heterocycles. The zero-order valence-corrected chi connectivity index (χ0v) is 15.5. The Morgan fingerprint density at radius 2 is 2.10 bits per heavy atom. The maximum atomic E-state index is 3.59. The Bertz CT molecular complexity index is 398. The Balaban J connectivity index is 2.90. The van der Waals surface area contributed by atoms with E-state index in [0.717, 1.165) is 17.6 Å². The van der Waals surface area contributed by atoms with E-state index in [-0.39, 0.29) is 0 Å². The summed E-state index contributed by atoms with van der Waals surface area (Å²) < 4.78 is 1.15. The van der Waals surface area contributed by atoms with Crippen LogP contribution in [-0.4, -0.2) is 31.6 Å². The van der Waals surface area contributed by atoms with E-state index in [2.05, 4.69) is 71.5 Å². The van der Waals surface area contributed by atoms with Gasteiger partial charge in [0.15, 0.2) is 0 Å². The largest absolute Gasteiger partial charge is 0.371 e. The minimum atomic E-state index is 0.594. The van der Waals surface area contributed by atoms with Gasteiger partial charge in [-0.1, -0.05) is 29.8 Å². The molecule has 0 bridgehead atoms. The van der Waals surface area contributed by atoms with Crippen molar-refractivity contribution in [2.45, 2.75) is 39.3 Å². The van der Waals surface area contributed by atoms with E-state index in [1.807, 2.05) is 11.8 Å². The lowest BCUT2D eigenvalue weighted by Crippen LogP contribution is -2.34. The second kappa shape index (κ2) is 9.69. The second-order valence-corrected chi connectivity index (χ2v) is 6.90. The highest BCUT2D eigenvalue weighted by molar-refractivity contribution is 9.10. The van der Waals surface area contributed by atoms with Crippen LogP contribution in [0.1, 0.15) is 32.3 Å². The van der Waals surface area contributed by atoms with Crippen LogP contribution in [0.15, 0.2) is 22.7 Å². The SMILES string of the molecule is CCCNCc1cc(Br)ccc1N(C)C(CC)CSC. The molecule has 0 heterocycles. The number of nitrogens with zero attached hydrogens (tertiary/aromatic N) is 1. The average Bonchev–Trinajstić information content (AvgIpc) is 2.44. The summed E-state index contributed by atoms with van der Waals surface area (Å²) in [5.74, 6) is 1.17. The van der Waals surface area contributed by atoms with Crippen molar-refractivity contribution in [1.82, 2.24) is 5.32 Å². The highest BCUT2D eigenvalue weighted by Gasteiger charge is 2.15. The molecular weight excluding hydrogens is 332 g/mol. The van der Waals surface area contributed by atoms with Gasteiger partial charge in [0.2, 0.25) is 0 Å². The van der Waals surface area contributed by atoms with Crippen LogP contribution in [0.4, 0.5) is 5.69 Å². The van der Waals surface area contributed by atoms with Crippen LogP contribution in [0, 0.1) is 0 Å². The second-order valence-electron chi connectivity index (χ2n) is 5.08. The molecule has 1 rings (SSSR count). The Morgan fingerprint density at radius 1 is 1.35 bits per heavy atom. The molecule has 1 unspecified atom stereocenters. The summed E-state index contributed by atoms with van der Waals surface area (Å²) >= 11 is 5.51. The first kappa shape index (κ1) is 17.9. The molecule has 0 fully saturated rings. The van der Waals surface area contributed by atoms with Gasteiger partial charge >= 0.3 is 0 Å². The van der Waals surface area contributed by atoms with E-state index >= 15 is 0 Å². The number of anilines is 1. The summed E-state index contributed by atoms with van der Waals surface area (Å²) in [5, 5.41) is 3.51. The van der Waals surface area contributed by atoms with Crippen LogP contribution in [0.3, 0.4) is 0 Å². The van der Waals surface area contributed by atoms with Crippen molar-refractivity contribution in [3.63, 3.8) is 0 Å². The van der Waals surface area contributed by atoms with Gasteiger partial charge in [0.05, 0.1) is 0 Å². The molecule has 0 amide bonds. The first-order chi connectivity index (χ1) is 9.63. The number of hydrogen-bond acceptors (Lipinski definition) is 3. The maximum Gasteiger partial charge on any atom is 0.0412 e. The Kier molecular flexibility index (Phi) is 8.66. The summed E-state index contributed by atoms with van der Waals surface area (Å²) in [6.45, 7) is 6.47. The highest BCUT2D eigenvalue weighted by atomic mass is 79.9. The lowest BCUT2D eigenvalue weighted by atomic mass is 10.1. The van der Waals surface area contributed by atoms with Crippen LogP contribution < -0.4 is 10.2 Å². The van der Waals surface area contributed by atoms with Crippen molar-refractivity contribution in [3.8, 4) is 0 Å². The molecule has 0 aliphatic rings. The molecule has 0 spiro atoms. The van der Waals surface area contributed by atoms with Gasteiger partial charge in [-0.15, -0.1) is 0 Å². The molecule has 4 heteroatoms. The van der Waals surface area contributed by atoms with E-state index in [4.69, 9.17) is 0 Å². The van der Waals surface area contributed by atoms with Crippen molar-refractivity contribution >= 4 is 33.4 Å². The molecule has 1 aromatic carbocycles. The van der Waals surface area contributed by atoms with Crippen LogP contribution in [0.5, 0.6) is 0 Å².